The summed E-state index contributed by atoms with van der Waals surface area (Å²) in [5.41, 5.74) is 0. The predicted octanol–water partition coefficient (Wildman–Crippen LogP) is -8.70. The number of rotatable bonds is 0. The molecule has 0 aromatic rings. The zero-order chi connectivity index (χ0) is 3.58. The van der Waals surface area contributed by atoms with E-state index in [9.17, 15) is 0 Å². The van der Waals surface area contributed by atoms with Crippen molar-refractivity contribution < 1.29 is 130 Å². The molecule has 6 heteroatoms. The van der Waals surface area contributed by atoms with Gasteiger partial charge >= 0.3 is 103 Å². The van der Waals surface area contributed by atoms with E-state index < -0.39 is 10.8 Å². The van der Waals surface area contributed by atoms with E-state index >= 15 is 0 Å². The smallest absolute Gasteiger partial charge is 1.00 e. The Morgan fingerprint density at radius 3 is 1.33 bits per heavy atom. The monoisotopic (exact) mass is 164 g/mol. The zero-order valence-corrected chi connectivity index (χ0v) is 10.6. The molecule has 3 nitrogen and oxygen atoms in total. The van der Waals surface area contributed by atoms with E-state index in [1.807, 2.05) is 0 Å². The first kappa shape index (κ1) is 16.2. The molecule has 0 radical (unpaired) electrons. The molecule has 0 heterocycles. The van der Waals surface area contributed by atoms with Gasteiger partial charge in [-0.25, -0.2) is 0 Å². The summed E-state index contributed by atoms with van der Waals surface area (Å²) in [6, 6.07) is 0. The second-order valence-electron chi connectivity index (χ2n) is 0.201. The second kappa shape index (κ2) is 11.3. The van der Waals surface area contributed by atoms with Gasteiger partial charge in [0.25, 0.3) is 10.8 Å². The van der Waals surface area contributed by atoms with Crippen LogP contribution in [-0.2, 0) is 0 Å². The van der Waals surface area contributed by atoms with Crippen LogP contribution in [0.25, 0.3) is 0 Å². The van der Waals surface area contributed by atoms with Crippen molar-refractivity contribution in [3.63, 3.8) is 0 Å². The molecule has 0 atom stereocenters. The maximum Gasteiger partial charge on any atom is 1.00 e. The van der Waals surface area contributed by atoms with Crippen LogP contribution in [0.2, 0.25) is 0 Å². The molecule has 0 spiro atoms. The first-order valence-electron chi connectivity index (χ1n) is 0.478. The van der Waals surface area contributed by atoms with Gasteiger partial charge in [0.1, 0.15) is 0 Å². The van der Waals surface area contributed by atoms with Crippen molar-refractivity contribution in [1.82, 2.24) is 0 Å². The summed E-state index contributed by atoms with van der Waals surface area (Å²) in [5.74, 6) is 0. The molecule has 0 fully saturated rings. The SMILES string of the molecule is [H-].[H-].[K+].[K+].[O-][Cl+2]([O-])O. The van der Waals surface area contributed by atoms with Crippen LogP contribution < -0.4 is 112 Å². The Hall–Kier alpha value is 3.44. The molecule has 30 valence electrons. The van der Waals surface area contributed by atoms with Crippen LogP contribution in [0, 0.1) is 10.8 Å². The van der Waals surface area contributed by atoms with Crippen LogP contribution in [0.3, 0.4) is 0 Å². The van der Waals surface area contributed by atoms with Gasteiger partial charge in [-0.05, 0) is 0 Å². The molecule has 0 aliphatic heterocycles. The molecule has 0 unspecified atom stereocenters. The van der Waals surface area contributed by atoms with Gasteiger partial charge in [-0.1, -0.05) is 0 Å². The van der Waals surface area contributed by atoms with Gasteiger partial charge in [-0.15, -0.1) is 0 Å². The maximum atomic E-state index is 8.52. The first-order valence-corrected chi connectivity index (χ1v) is 1.43. The number of hydrogen-bond donors (Lipinski definition) is 1. The molecule has 0 saturated carbocycles. The van der Waals surface area contributed by atoms with Crippen LogP contribution >= 0.6 is 0 Å². The molecular weight excluding hydrogens is 162 g/mol. The average Bonchev–Trinajstić information content (AvgIpc) is 0.811. The van der Waals surface area contributed by atoms with Crippen LogP contribution in [0.1, 0.15) is 2.85 Å². The molecule has 0 rings (SSSR count). The fourth-order valence-electron chi connectivity index (χ4n) is 0. The van der Waals surface area contributed by atoms with Gasteiger partial charge in [-0.3, -0.25) is 0 Å². The fourth-order valence-corrected chi connectivity index (χ4v) is 0. The van der Waals surface area contributed by atoms with Gasteiger partial charge in [-0.2, -0.15) is 0 Å². The summed E-state index contributed by atoms with van der Waals surface area (Å²) < 4.78 is 24.0. The van der Waals surface area contributed by atoms with E-state index in [2.05, 4.69) is 0 Å². The largest absolute Gasteiger partial charge is 1.00 e. The van der Waals surface area contributed by atoms with Crippen molar-refractivity contribution >= 4 is 0 Å². The van der Waals surface area contributed by atoms with Gasteiger partial charge in [0, 0.05) is 4.66 Å². The minimum absolute atomic E-state index is 0. The van der Waals surface area contributed by atoms with Crippen LogP contribution in [0.15, 0.2) is 0 Å². The molecule has 0 aliphatic carbocycles. The van der Waals surface area contributed by atoms with Gasteiger partial charge in [0.2, 0.25) is 0 Å². The minimum Gasteiger partial charge on any atom is -1.00 e. The Morgan fingerprint density at radius 1 is 1.33 bits per heavy atom. The van der Waals surface area contributed by atoms with Crippen LogP contribution in [0.4, 0.5) is 0 Å². The molecular formula is H3ClK2O3. The normalized spacial score (nSPS) is 6.00. The summed E-state index contributed by atoms with van der Waals surface area (Å²) >= 11 is 0. The molecule has 0 aliphatic rings. The Kier molecular flexibility index (Phi) is 30.4. The van der Waals surface area contributed by atoms with E-state index in [1.165, 1.54) is 0 Å². The summed E-state index contributed by atoms with van der Waals surface area (Å²) in [5, 5.41) is 0. The average molecular weight is 165 g/mol. The maximum absolute atomic E-state index is 8.52. The predicted molar refractivity (Wildman–Crippen MR) is 4.44 cm³/mol. The van der Waals surface area contributed by atoms with E-state index in [1.54, 1.807) is 0 Å². The summed E-state index contributed by atoms with van der Waals surface area (Å²) in [6.07, 6.45) is 0. The summed E-state index contributed by atoms with van der Waals surface area (Å²) in [7, 11) is -2.60. The zero-order valence-electron chi connectivity index (χ0n) is 5.64. The van der Waals surface area contributed by atoms with Crippen molar-refractivity contribution in [2.24, 2.45) is 0 Å². The van der Waals surface area contributed by atoms with Crippen molar-refractivity contribution in [3.05, 3.63) is 0 Å². The Labute approximate surface area is 127 Å². The number of halogens is 1. The first-order chi connectivity index (χ1) is 1.73. The van der Waals surface area contributed by atoms with E-state index in [0.29, 0.717) is 0 Å². The van der Waals surface area contributed by atoms with Crippen molar-refractivity contribution in [2.45, 2.75) is 0 Å². The Balaban J connectivity index is -0.00000000750. The second-order valence-corrected chi connectivity index (χ2v) is 0.603. The molecule has 0 saturated heterocycles. The minimum atomic E-state index is -2.60. The third-order valence-electron chi connectivity index (χ3n) is 0. The van der Waals surface area contributed by atoms with Crippen molar-refractivity contribution in [1.29, 1.82) is 0 Å². The van der Waals surface area contributed by atoms with Crippen molar-refractivity contribution in [2.75, 3.05) is 0 Å². The summed E-state index contributed by atoms with van der Waals surface area (Å²) in [4.78, 5) is 0. The number of hydrogen-bond acceptors (Lipinski definition) is 3. The van der Waals surface area contributed by atoms with E-state index in [0.717, 1.165) is 0 Å². The van der Waals surface area contributed by atoms with Gasteiger partial charge < -0.3 is 12.2 Å². The standard InChI is InChI=1S/ClHO3.2K.2H/c2-1(3)4;;;;/h2H;;;;/q;2*+1;2*-1. The fraction of sp³-hybridized carbons (Fsp3) is 0. The van der Waals surface area contributed by atoms with Crippen LogP contribution in [0.5, 0.6) is 0 Å². The molecule has 0 amide bonds. The van der Waals surface area contributed by atoms with E-state index in [-0.39, 0.29) is 106 Å². The van der Waals surface area contributed by atoms with E-state index in [4.69, 9.17) is 14.0 Å². The Morgan fingerprint density at radius 2 is 1.33 bits per heavy atom. The van der Waals surface area contributed by atoms with Gasteiger partial charge in [0.05, 0.1) is 0 Å². The third-order valence-corrected chi connectivity index (χ3v) is 0. The molecule has 6 heavy (non-hydrogen) atoms. The molecule has 1 N–H and O–H groups in total. The van der Waals surface area contributed by atoms with Crippen LogP contribution in [-0.4, -0.2) is 4.66 Å². The molecule has 0 aromatic heterocycles. The Bertz CT molecular complexity index is 20.0. The van der Waals surface area contributed by atoms with Gasteiger partial charge in [0.15, 0.2) is 0 Å². The quantitative estimate of drug-likeness (QED) is 0.362. The third kappa shape index (κ3) is 26.1. The summed E-state index contributed by atoms with van der Waals surface area (Å²) in [6.45, 7) is 0. The topological polar surface area (TPSA) is 66.3 Å². The molecule has 0 aromatic carbocycles. The molecule has 0 bridgehead atoms. The van der Waals surface area contributed by atoms with Crippen molar-refractivity contribution in [3.8, 4) is 0 Å².